The molecule has 23 heavy (non-hydrogen) atoms. The number of benzene rings is 1. The van der Waals surface area contributed by atoms with Crippen LogP contribution in [-0.2, 0) is 11.3 Å². The second-order valence-corrected chi connectivity index (χ2v) is 7.14. The lowest BCUT2D eigenvalue weighted by atomic mass is 9.67. The average molecular weight is 312 g/mol. The van der Waals surface area contributed by atoms with Crippen LogP contribution in [0.2, 0.25) is 0 Å². The highest BCUT2D eigenvalue weighted by Crippen LogP contribution is 2.39. The molecule has 2 bridgehead atoms. The van der Waals surface area contributed by atoms with Gasteiger partial charge in [-0.25, -0.2) is 0 Å². The van der Waals surface area contributed by atoms with Crippen LogP contribution < -0.4 is 11.1 Å². The van der Waals surface area contributed by atoms with Crippen molar-refractivity contribution >= 4 is 16.8 Å². The summed E-state index contributed by atoms with van der Waals surface area (Å²) in [6, 6.07) is 8.60. The topological polar surface area (TPSA) is 72.9 Å². The normalized spacial score (nSPS) is 30.3. The van der Waals surface area contributed by atoms with Crippen LogP contribution in [0.4, 0.5) is 0 Å². The molecule has 3 N–H and O–H groups in total. The fourth-order valence-electron chi connectivity index (χ4n) is 4.54. The third-order valence-corrected chi connectivity index (χ3v) is 5.55. The van der Waals surface area contributed by atoms with Gasteiger partial charge in [-0.15, -0.1) is 0 Å². The third kappa shape index (κ3) is 2.85. The van der Waals surface area contributed by atoms with Gasteiger partial charge in [0.25, 0.3) is 0 Å². The molecule has 1 aromatic heterocycles. The van der Waals surface area contributed by atoms with E-state index < -0.39 is 0 Å². The molecule has 2 aliphatic rings. The fourth-order valence-corrected chi connectivity index (χ4v) is 4.54. The molecule has 1 aromatic carbocycles. The van der Waals surface area contributed by atoms with Crippen LogP contribution in [0.3, 0.4) is 0 Å². The van der Waals surface area contributed by atoms with Gasteiger partial charge < -0.3 is 11.1 Å². The van der Waals surface area contributed by atoms with Gasteiger partial charge in [0.15, 0.2) is 0 Å². The molecule has 1 heterocycles. The van der Waals surface area contributed by atoms with Crippen molar-refractivity contribution in [2.75, 3.05) is 0 Å². The predicted molar refractivity (Wildman–Crippen MR) is 89.7 cm³/mol. The van der Waals surface area contributed by atoms with Crippen molar-refractivity contribution in [1.29, 1.82) is 0 Å². The molecule has 2 saturated carbocycles. The predicted octanol–water partition coefficient (Wildman–Crippen LogP) is 2.06. The van der Waals surface area contributed by atoms with E-state index in [1.54, 1.807) is 4.68 Å². The number of hydrogen-bond donors (Lipinski definition) is 2. The molecule has 0 aliphatic heterocycles. The van der Waals surface area contributed by atoms with Gasteiger partial charge >= 0.3 is 0 Å². The van der Waals surface area contributed by atoms with Crippen LogP contribution in [-0.4, -0.2) is 27.8 Å². The number of carbonyl (C=O) groups is 1. The van der Waals surface area contributed by atoms with Gasteiger partial charge in [-0.3, -0.25) is 9.48 Å². The largest absolute Gasteiger partial charge is 0.351 e. The lowest BCUT2D eigenvalue weighted by Crippen LogP contribution is -2.54. The van der Waals surface area contributed by atoms with E-state index in [9.17, 15) is 4.79 Å². The molecular formula is C18H24N4O. The zero-order chi connectivity index (χ0) is 15.8. The molecule has 2 aliphatic carbocycles. The minimum Gasteiger partial charge on any atom is -0.351 e. The summed E-state index contributed by atoms with van der Waals surface area (Å²) in [5.41, 5.74) is 7.17. The average Bonchev–Trinajstić information content (AvgIpc) is 2.91. The molecular weight excluding hydrogens is 288 g/mol. The van der Waals surface area contributed by atoms with E-state index in [0.717, 1.165) is 23.7 Å². The monoisotopic (exact) mass is 312 g/mol. The molecule has 0 spiro atoms. The summed E-state index contributed by atoms with van der Waals surface area (Å²) in [5, 5.41) is 8.71. The Labute approximate surface area is 136 Å². The number of carbonyl (C=O) groups excluding carboxylic acids is 1. The van der Waals surface area contributed by atoms with Crippen LogP contribution in [0.15, 0.2) is 30.5 Å². The highest BCUT2D eigenvalue weighted by molar-refractivity contribution is 5.82. The van der Waals surface area contributed by atoms with Crippen molar-refractivity contribution in [3.8, 4) is 0 Å². The summed E-state index contributed by atoms with van der Waals surface area (Å²) >= 11 is 0. The zero-order valence-corrected chi connectivity index (χ0v) is 13.3. The van der Waals surface area contributed by atoms with E-state index >= 15 is 0 Å². The first-order chi connectivity index (χ1) is 11.2. The van der Waals surface area contributed by atoms with Crippen LogP contribution in [0.5, 0.6) is 0 Å². The summed E-state index contributed by atoms with van der Waals surface area (Å²) in [4.78, 5) is 12.5. The van der Waals surface area contributed by atoms with Crippen molar-refractivity contribution in [3.05, 3.63) is 30.5 Å². The number of nitrogens with two attached hydrogens (primary N) is 1. The summed E-state index contributed by atoms with van der Waals surface area (Å²) in [6.45, 7) is 0.287. The molecule has 2 aromatic rings. The first-order valence-corrected chi connectivity index (χ1v) is 8.66. The zero-order valence-electron chi connectivity index (χ0n) is 13.3. The number of nitrogens with one attached hydrogen (secondary N) is 1. The van der Waals surface area contributed by atoms with Crippen molar-refractivity contribution < 1.29 is 4.79 Å². The highest BCUT2D eigenvalue weighted by Gasteiger charge is 2.39. The molecule has 2 atom stereocenters. The summed E-state index contributed by atoms with van der Waals surface area (Å²) in [7, 11) is 0. The van der Waals surface area contributed by atoms with Gasteiger partial charge in [-0.05, 0) is 43.6 Å². The number of para-hydroxylation sites is 1. The Bertz CT molecular complexity index is 696. The fraction of sp³-hybridized carbons (Fsp3) is 0.556. The Hall–Kier alpha value is -1.88. The maximum atomic E-state index is 12.5. The quantitative estimate of drug-likeness (QED) is 0.911. The summed E-state index contributed by atoms with van der Waals surface area (Å²) in [6.07, 6.45) is 7.58. The number of aromatic nitrogens is 2. The van der Waals surface area contributed by atoms with Crippen LogP contribution in [0.25, 0.3) is 10.9 Å². The number of rotatable bonds is 3. The second-order valence-electron chi connectivity index (χ2n) is 7.14. The van der Waals surface area contributed by atoms with Gasteiger partial charge in [-0.1, -0.05) is 24.6 Å². The molecule has 5 nitrogen and oxygen atoms in total. The molecule has 0 radical (unpaired) electrons. The van der Waals surface area contributed by atoms with Crippen molar-refractivity contribution in [2.45, 2.75) is 50.7 Å². The molecule has 2 fully saturated rings. The first-order valence-electron chi connectivity index (χ1n) is 8.66. The summed E-state index contributed by atoms with van der Waals surface area (Å²) < 4.78 is 1.79. The van der Waals surface area contributed by atoms with Crippen molar-refractivity contribution in [1.82, 2.24) is 15.1 Å². The maximum Gasteiger partial charge on any atom is 0.241 e. The second kappa shape index (κ2) is 5.96. The lowest BCUT2D eigenvalue weighted by Gasteiger charge is -2.45. The van der Waals surface area contributed by atoms with Gasteiger partial charge in [0.1, 0.15) is 6.54 Å². The van der Waals surface area contributed by atoms with E-state index in [-0.39, 0.29) is 12.5 Å². The van der Waals surface area contributed by atoms with Crippen molar-refractivity contribution in [2.24, 2.45) is 17.6 Å². The SMILES string of the molecule is NC1CC2CCCC(C1)C2NC(=O)Cn1ncc2ccccc21. The number of amides is 1. The Balaban J connectivity index is 1.46. The molecule has 5 heteroatoms. The Morgan fingerprint density at radius 3 is 2.78 bits per heavy atom. The molecule has 122 valence electrons. The molecule has 2 unspecified atom stereocenters. The standard InChI is InChI=1S/C18H24N4O/c19-15-8-12-5-3-6-13(9-15)18(12)21-17(23)11-22-16-7-2-1-4-14(16)10-20-22/h1-2,4,7,10,12-13,15,18H,3,5-6,8-9,11,19H2,(H,21,23). The maximum absolute atomic E-state index is 12.5. The number of hydrogen-bond acceptors (Lipinski definition) is 3. The highest BCUT2D eigenvalue weighted by atomic mass is 16.2. The van der Waals surface area contributed by atoms with Gasteiger partial charge in [0, 0.05) is 17.5 Å². The van der Waals surface area contributed by atoms with Crippen LogP contribution in [0, 0.1) is 11.8 Å². The van der Waals surface area contributed by atoms with Gasteiger partial charge in [-0.2, -0.15) is 5.10 Å². The van der Waals surface area contributed by atoms with Crippen LogP contribution in [0.1, 0.15) is 32.1 Å². The first kappa shape index (κ1) is 14.7. The van der Waals surface area contributed by atoms with E-state index in [0.29, 0.717) is 23.9 Å². The molecule has 0 saturated heterocycles. The number of fused-ring (bicyclic) bond motifs is 3. The molecule has 4 rings (SSSR count). The van der Waals surface area contributed by atoms with E-state index in [2.05, 4.69) is 10.4 Å². The van der Waals surface area contributed by atoms with Gasteiger partial charge in [0.2, 0.25) is 5.91 Å². The van der Waals surface area contributed by atoms with E-state index in [4.69, 9.17) is 5.73 Å². The Kier molecular flexibility index (Phi) is 3.81. The third-order valence-electron chi connectivity index (χ3n) is 5.55. The smallest absolute Gasteiger partial charge is 0.241 e. The summed E-state index contributed by atoms with van der Waals surface area (Å²) in [5.74, 6) is 1.17. The minimum absolute atomic E-state index is 0.0659. The Morgan fingerprint density at radius 2 is 2.00 bits per heavy atom. The minimum atomic E-state index is 0.0659. The Morgan fingerprint density at radius 1 is 1.26 bits per heavy atom. The lowest BCUT2D eigenvalue weighted by molar-refractivity contribution is -0.124. The van der Waals surface area contributed by atoms with E-state index in [1.165, 1.54) is 19.3 Å². The van der Waals surface area contributed by atoms with E-state index in [1.807, 2.05) is 30.5 Å². The van der Waals surface area contributed by atoms with Crippen molar-refractivity contribution in [3.63, 3.8) is 0 Å². The number of nitrogens with zero attached hydrogens (tertiary/aromatic N) is 2. The molecule has 1 amide bonds. The van der Waals surface area contributed by atoms with Crippen LogP contribution >= 0.6 is 0 Å². The van der Waals surface area contributed by atoms with Gasteiger partial charge in [0.05, 0.1) is 11.7 Å².